The van der Waals surface area contributed by atoms with Gasteiger partial charge in [-0.3, -0.25) is 15.5 Å². The molecule has 1 heterocycles. The molecule has 0 bridgehead atoms. The van der Waals surface area contributed by atoms with E-state index in [2.05, 4.69) is 10.9 Å². The van der Waals surface area contributed by atoms with E-state index in [4.69, 9.17) is 0 Å². The van der Waals surface area contributed by atoms with Crippen LogP contribution < -0.4 is 10.9 Å². The minimum atomic E-state index is -3.18. The summed E-state index contributed by atoms with van der Waals surface area (Å²) in [5.74, 6) is 0.0739. The molecule has 104 valence electrons. The largest absolute Gasteiger partial charge is 0.269 e. The van der Waals surface area contributed by atoms with Crippen LogP contribution in [0.25, 0.3) is 0 Å². The number of hydrazine groups is 1. The van der Waals surface area contributed by atoms with Gasteiger partial charge in [0, 0.05) is 24.4 Å². The zero-order valence-corrected chi connectivity index (χ0v) is 11.2. The minimum absolute atomic E-state index is 0.00963. The van der Waals surface area contributed by atoms with Gasteiger partial charge in [-0.05, 0) is 5.56 Å². The lowest BCUT2D eigenvalue weighted by Crippen LogP contribution is -2.31. The highest BCUT2D eigenvalue weighted by Gasteiger charge is 2.37. The molecule has 2 atom stereocenters. The van der Waals surface area contributed by atoms with Crippen molar-refractivity contribution in [3.63, 3.8) is 0 Å². The first-order chi connectivity index (χ1) is 8.95. The summed E-state index contributed by atoms with van der Waals surface area (Å²) in [6, 6.07) is 5.54. The van der Waals surface area contributed by atoms with E-state index in [9.17, 15) is 18.5 Å². The Morgan fingerprint density at radius 1 is 1.37 bits per heavy atom. The summed E-state index contributed by atoms with van der Waals surface area (Å²) in [6.07, 6.45) is 0. The molecule has 2 N–H and O–H groups in total. The van der Waals surface area contributed by atoms with E-state index in [-0.39, 0.29) is 17.5 Å². The Kier molecular flexibility index (Phi) is 3.83. The van der Waals surface area contributed by atoms with Crippen LogP contribution in [0.15, 0.2) is 24.3 Å². The summed E-state index contributed by atoms with van der Waals surface area (Å²) in [7, 11) is -3.18. The second-order valence-electron chi connectivity index (χ2n) is 4.34. The quantitative estimate of drug-likeness (QED) is 0.618. The molecular formula is C11H15N3O4S. The molecule has 8 heteroatoms. The van der Waals surface area contributed by atoms with Gasteiger partial charge in [0.1, 0.15) is 0 Å². The van der Waals surface area contributed by atoms with Gasteiger partial charge in [0.2, 0.25) is 0 Å². The minimum Gasteiger partial charge on any atom is -0.258 e. The van der Waals surface area contributed by atoms with E-state index in [0.717, 1.165) is 5.56 Å². The maximum Gasteiger partial charge on any atom is 0.269 e. The smallest absolute Gasteiger partial charge is 0.258 e. The van der Waals surface area contributed by atoms with Crippen LogP contribution in [-0.4, -0.2) is 30.9 Å². The van der Waals surface area contributed by atoms with Crippen molar-refractivity contribution in [3.05, 3.63) is 39.9 Å². The summed E-state index contributed by atoms with van der Waals surface area (Å²) in [6.45, 7) is 1.94. The Bertz CT molecular complexity index is 570. The Morgan fingerprint density at radius 3 is 2.53 bits per heavy atom. The van der Waals surface area contributed by atoms with Crippen molar-refractivity contribution in [2.45, 2.75) is 18.2 Å². The zero-order valence-electron chi connectivity index (χ0n) is 10.4. The summed E-state index contributed by atoms with van der Waals surface area (Å²) in [4.78, 5) is 10.1. The van der Waals surface area contributed by atoms with Crippen molar-refractivity contribution in [1.29, 1.82) is 0 Å². The van der Waals surface area contributed by atoms with Crippen molar-refractivity contribution in [2.24, 2.45) is 0 Å². The molecule has 0 aliphatic carbocycles. The summed E-state index contributed by atoms with van der Waals surface area (Å²) in [5, 5.41) is 10.0. The summed E-state index contributed by atoms with van der Waals surface area (Å²) in [5.41, 5.74) is 6.46. The molecule has 1 fully saturated rings. The highest BCUT2D eigenvalue weighted by molar-refractivity contribution is 7.92. The molecular weight excluding hydrogens is 270 g/mol. The Morgan fingerprint density at radius 2 is 2.00 bits per heavy atom. The highest BCUT2D eigenvalue weighted by Crippen LogP contribution is 2.26. The first-order valence-corrected chi connectivity index (χ1v) is 7.61. The van der Waals surface area contributed by atoms with Crippen LogP contribution in [0.1, 0.15) is 18.5 Å². The van der Waals surface area contributed by atoms with Gasteiger partial charge in [-0.25, -0.2) is 13.8 Å². The van der Waals surface area contributed by atoms with Crippen LogP contribution in [0, 0.1) is 10.1 Å². The van der Waals surface area contributed by atoms with Gasteiger partial charge in [-0.2, -0.15) is 0 Å². The van der Waals surface area contributed by atoms with Gasteiger partial charge in [0.05, 0.1) is 16.2 Å². The first kappa shape index (κ1) is 13.9. The Hall–Kier alpha value is -1.51. The molecule has 7 nitrogen and oxygen atoms in total. The Balaban J connectivity index is 2.28. The molecule has 1 saturated heterocycles. The van der Waals surface area contributed by atoms with Gasteiger partial charge in [-0.15, -0.1) is 0 Å². The number of benzene rings is 1. The van der Waals surface area contributed by atoms with Gasteiger partial charge in [-0.1, -0.05) is 19.1 Å². The SMILES string of the molecule is CCS(=O)(=O)C1CNNC1c1ccc([N+](=O)[O-])cc1. The molecule has 1 aliphatic heterocycles. The summed E-state index contributed by atoms with van der Waals surface area (Å²) < 4.78 is 23.9. The van der Waals surface area contributed by atoms with E-state index in [0.29, 0.717) is 6.54 Å². The van der Waals surface area contributed by atoms with Gasteiger partial charge < -0.3 is 0 Å². The predicted molar refractivity (Wildman–Crippen MR) is 70.2 cm³/mol. The number of sulfone groups is 1. The molecule has 0 aromatic heterocycles. The average molecular weight is 285 g/mol. The molecule has 0 amide bonds. The van der Waals surface area contributed by atoms with E-state index >= 15 is 0 Å². The lowest BCUT2D eigenvalue weighted by Gasteiger charge is -2.18. The third-order valence-electron chi connectivity index (χ3n) is 3.26. The highest BCUT2D eigenvalue weighted by atomic mass is 32.2. The normalized spacial score (nSPS) is 23.4. The second-order valence-corrected chi connectivity index (χ2v) is 6.85. The van der Waals surface area contributed by atoms with Crippen LogP contribution in [-0.2, 0) is 9.84 Å². The molecule has 1 aromatic rings. The molecule has 1 aromatic carbocycles. The second kappa shape index (κ2) is 5.24. The standard InChI is InChI=1S/C11H15N3O4S/c1-2-19(17,18)10-7-12-13-11(10)8-3-5-9(6-4-8)14(15)16/h3-6,10-13H,2,7H2,1H3. The number of nitro benzene ring substituents is 1. The maximum absolute atomic E-state index is 12.0. The van der Waals surface area contributed by atoms with Gasteiger partial charge >= 0.3 is 0 Å². The van der Waals surface area contributed by atoms with Gasteiger partial charge in [0.25, 0.3) is 5.69 Å². The molecule has 0 spiro atoms. The van der Waals surface area contributed by atoms with Crippen molar-refractivity contribution in [3.8, 4) is 0 Å². The number of nitrogens with zero attached hydrogens (tertiary/aromatic N) is 1. The molecule has 19 heavy (non-hydrogen) atoms. The molecule has 0 radical (unpaired) electrons. The number of hydrogen-bond donors (Lipinski definition) is 2. The third kappa shape index (κ3) is 2.75. The monoisotopic (exact) mass is 285 g/mol. The number of nitrogens with one attached hydrogen (secondary N) is 2. The van der Waals surface area contributed by atoms with Crippen LogP contribution in [0.3, 0.4) is 0 Å². The average Bonchev–Trinajstić information content (AvgIpc) is 2.89. The van der Waals surface area contributed by atoms with Crippen LogP contribution in [0.4, 0.5) is 5.69 Å². The van der Waals surface area contributed by atoms with E-state index in [1.807, 2.05) is 0 Å². The van der Waals surface area contributed by atoms with Crippen molar-refractivity contribution >= 4 is 15.5 Å². The number of non-ortho nitro benzene ring substituents is 1. The molecule has 1 aliphatic rings. The first-order valence-electron chi connectivity index (χ1n) is 5.90. The number of hydrogen-bond acceptors (Lipinski definition) is 6. The third-order valence-corrected chi connectivity index (χ3v) is 5.43. The van der Waals surface area contributed by atoms with Crippen LogP contribution in [0.2, 0.25) is 0 Å². The fourth-order valence-electron chi connectivity index (χ4n) is 2.13. The van der Waals surface area contributed by atoms with Crippen molar-refractivity contribution < 1.29 is 13.3 Å². The van der Waals surface area contributed by atoms with E-state index in [1.165, 1.54) is 12.1 Å². The maximum atomic E-state index is 12.0. The predicted octanol–water partition coefficient (Wildman–Crippen LogP) is 0.547. The number of rotatable bonds is 4. The van der Waals surface area contributed by atoms with E-state index < -0.39 is 20.0 Å². The lowest BCUT2D eigenvalue weighted by atomic mass is 10.0. The van der Waals surface area contributed by atoms with Crippen LogP contribution in [0.5, 0.6) is 0 Å². The molecule has 0 saturated carbocycles. The lowest BCUT2D eigenvalue weighted by molar-refractivity contribution is -0.384. The van der Waals surface area contributed by atoms with Crippen molar-refractivity contribution in [1.82, 2.24) is 10.9 Å². The van der Waals surface area contributed by atoms with Crippen LogP contribution >= 0.6 is 0 Å². The number of nitro groups is 1. The van der Waals surface area contributed by atoms with Crippen molar-refractivity contribution in [2.75, 3.05) is 12.3 Å². The molecule has 2 unspecified atom stereocenters. The summed E-state index contributed by atoms with van der Waals surface area (Å²) >= 11 is 0. The topological polar surface area (TPSA) is 101 Å². The fraction of sp³-hybridized carbons (Fsp3) is 0.455. The Labute approximate surface area is 111 Å². The van der Waals surface area contributed by atoms with Gasteiger partial charge in [0.15, 0.2) is 9.84 Å². The zero-order chi connectivity index (χ0) is 14.0. The molecule has 2 rings (SSSR count). The van der Waals surface area contributed by atoms with E-state index in [1.54, 1.807) is 19.1 Å². The fourth-order valence-corrected chi connectivity index (χ4v) is 3.54.